The maximum atomic E-state index is 6.05. The summed E-state index contributed by atoms with van der Waals surface area (Å²) in [7, 11) is 6.58. The maximum Gasteiger partial charge on any atom is 0.0948 e. The molecule has 5 nitrogen and oxygen atoms in total. The molecular formula is C15H29N5. The molecular weight excluding hydrogens is 250 g/mol. The Kier molecular flexibility index (Phi) is 4.83. The van der Waals surface area contributed by atoms with E-state index in [0.29, 0.717) is 12.1 Å². The van der Waals surface area contributed by atoms with E-state index in [-0.39, 0.29) is 6.04 Å². The maximum absolute atomic E-state index is 6.05. The lowest BCUT2D eigenvalue weighted by molar-refractivity contribution is 0.0159. The van der Waals surface area contributed by atoms with Crippen LogP contribution >= 0.6 is 0 Å². The van der Waals surface area contributed by atoms with Gasteiger partial charge in [0.25, 0.3) is 0 Å². The van der Waals surface area contributed by atoms with Crippen LogP contribution in [0.15, 0.2) is 12.5 Å². The van der Waals surface area contributed by atoms with E-state index in [9.17, 15) is 0 Å². The Balaban J connectivity index is 2.11. The van der Waals surface area contributed by atoms with Gasteiger partial charge in [-0.2, -0.15) is 0 Å². The van der Waals surface area contributed by atoms with Crippen molar-refractivity contribution >= 4 is 0 Å². The van der Waals surface area contributed by atoms with Crippen molar-refractivity contribution in [1.82, 2.24) is 19.4 Å². The number of hydrogen-bond donors (Lipinski definition) is 1. The first-order valence-corrected chi connectivity index (χ1v) is 7.62. The molecule has 0 aliphatic heterocycles. The van der Waals surface area contributed by atoms with Gasteiger partial charge in [-0.25, -0.2) is 4.98 Å². The third-order valence-electron chi connectivity index (χ3n) is 4.96. The van der Waals surface area contributed by atoms with E-state index in [1.807, 2.05) is 12.5 Å². The molecule has 1 atom stereocenters. The number of aryl methyl sites for hydroxylation is 1. The summed E-state index contributed by atoms with van der Waals surface area (Å²) in [5.74, 6) is 0. The first-order chi connectivity index (χ1) is 9.54. The highest BCUT2D eigenvalue weighted by Gasteiger charge is 2.41. The lowest BCUT2D eigenvalue weighted by atomic mass is 9.75. The van der Waals surface area contributed by atoms with Crippen LogP contribution in [0.3, 0.4) is 0 Å². The van der Waals surface area contributed by atoms with Crippen molar-refractivity contribution in [3.05, 3.63) is 18.2 Å². The van der Waals surface area contributed by atoms with E-state index in [1.54, 1.807) is 0 Å². The van der Waals surface area contributed by atoms with Crippen LogP contribution < -0.4 is 5.73 Å². The molecule has 0 amide bonds. The standard InChI is InChI=1S/C15H29N5/c1-5-20-12-17-10-14(20)13(9-16)19(4)11-15(18(2)3)7-6-8-15/h10,12-13H,5-9,11,16H2,1-4H3. The fourth-order valence-corrected chi connectivity index (χ4v) is 3.31. The zero-order valence-corrected chi connectivity index (χ0v) is 13.3. The molecule has 2 rings (SSSR count). The lowest BCUT2D eigenvalue weighted by Crippen LogP contribution is -2.57. The van der Waals surface area contributed by atoms with E-state index >= 15 is 0 Å². The minimum Gasteiger partial charge on any atom is -0.333 e. The summed E-state index contributed by atoms with van der Waals surface area (Å²) in [5, 5.41) is 0. The van der Waals surface area contributed by atoms with Crippen LogP contribution in [0.5, 0.6) is 0 Å². The van der Waals surface area contributed by atoms with Crippen molar-refractivity contribution in [3.63, 3.8) is 0 Å². The van der Waals surface area contributed by atoms with E-state index < -0.39 is 0 Å². The van der Waals surface area contributed by atoms with Crippen LogP contribution in [0, 0.1) is 0 Å². The van der Waals surface area contributed by atoms with Gasteiger partial charge in [-0.15, -0.1) is 0 Å². The predicted molar refractivity (Wildman–Crippen MR) is 82.6 cm³/mol. The van der Waals surface area contributed by atoms with Crippen molar-refractivity contribution in [2.75, 3.05) is 34.2 Å². The Morgan fingerprint density at radius 1 is 1.40 bits per heavy atom. The Bertz CT molecular complexity index is 422. The molecule has 1 aromatic heterocycles. The van der Waals surface area contributed by atoms with Crippen molar-refractivity contribution in [3.8, 4) is 0 Å². The Labute approximate surface area is 122 Å². The first-order valence-electron chi connectivity index (χ1n) is 7.62. The average molecular weight is 279 g/mol. The largest absolute Gasteiger partial charge is 0.333 e. The van der Waals surface area contributed by atoms with Crippen molar-refractivity contribution in [2.24, 2.45) is 5.73 Å². The van der Waals surface area contributed by atoms with Gasteiger partial charge in [0.2, 0.25) is 0 Å². The van der Waals surface area contributed by atoms with Crippen molar-refractivity contribution in [1.29, 1.82) is 0 Å². The molecule has 0 saturated heterocycles. The molecule has 20 heavy (non-hydrogen) atoms. The van der Waals surface area contributed by atoms with Crippen LogP contribution in [0.1, 0.15) is 37.9 Å². The lowest BCUT2D eigenvalue weighted by Gasteiger charge is -2.50. The third-order valence-corrected chi connectivity index (χ3v) is 4.96. The molecule has 0 aromatic carbocycles. The van der Waals surface area contributed by atoms with Crippen molar-refractivity contribution < 1.29 is 0 Å². The molecule has 0 radical (unpaired) electrons. The van der Waals surface area contributed by atoms with Crippen LogP contribution in [-0.4, -0.2) is 59.1 Å². The van der Waals surface area contributed by atoms with Gasteiger partial charge in [0.05, 0.1) is 18.1 Å². The minimum atomic E-state index is 0.245. The summed E-state index contributed by atoms with van der Waals surface area (Å²) in [6.45, 7) is 4.78. The normalized spacial score (nSPS) is 19.4. The highest BCUT2D eigenvalue weighted by molar-refractivity contribution is 5.08. The van der Waals surface area contributed by atoms with Gasteiger partial charge >= 0.3 is 0 Å². The van der Waals surface area contributed by atoms with Gasteiger partial charge < -0.3 is 15.2 Å². The number of nitrogens with two attached hydrogens (primary N) is 1. The monoisotopic (exact) mass is 279 g/mol. The summed E-state index contributed by atoms with van der Waals surface area (Å²) in [5.41, 5.74) is 7.61. The number of hydrogen-bond acceptors (Lipinski definition) is 4. The van der Waals surface area contributed by atoms with Gasteiger partial charge in [0, 0.05) is 31.4 Å². The zero-order chi connectivity index (χ0) is 14.8. The highest BCUT2D eigenvalue weighted by Crippen LogP contribution is 2.37. The summed E-state index contributed by atoms with van der Waals surface area (Å²) in [6.07, 6.45) is 7.77. The molecule has 1 unspecified atom stereocenters. The highest BCUT2D eigenvalue weighted by atomic mass is 15.3. The number of rotatable bonds is 7. The molecule has 5 heteroatoms. The summed E-state index contributed by atoms with van der Waals surface area (Å²) >= 11 is 0. The molecule has 0 bridgehead atoms. The van der Waals surface area contributed by atoms with E-state index in [1.165, 1.54) is 25.0 Å². The van der Waals surface area contributed by atoms with Gasteiger partial charge in [-0.1, -0.05) is 0 Å². The van der Waals surface area contributed by atoms with Gasteiger partial charge in [-0.05, 0) is 47.3 Å². The molecule has 1 heterocycles. The summed E-state index contributed by atoms with van der Waals surface area (Å²) in [4.78, 5) is 9.07. The molecule has 0 spiro atoms. The van der Waals surface area contributed by atoms with Crippen LogP contribution in [-0.2, 0) is 6.54 Å². The summed E-state index contributed by atoms with van der Waals surface area (Å²) < 4.78 is 2.19. The van der Waals surface area contributed by atoms with Crippen LogP contribution in [0.4, 0.5) is 0 Å². The molecule has 1 saturated carbocycles. The number of nitrogens with zero attached hydrogens (tertiary/aromatic N) is 4. The topological polar surface area (TPSA) is 50.3 Å². The molecule has 1 aromatic rings. The fourth-order valence-electron chi connectivity index (χ4n) is 3.31. The first kappa shape index (κ1) is 15.5. The smallest absolute Gasteiger partial charge is 0.0948 e. The second kappa shape index (κ2) is 6.24. The second-order valence-electron chi connectivity index (χ2n) is 6.24. The molecule has 1 aliphatic carbocycles. The van der Waals surface area contributed by atoms with Crippen LogP contribution in [0.25, 0.3) is 0 Å². The van der Waals surface area contributed by atoms with Gasteiger partial charge in [0.1, 0.15) is 0 Å². The van der Waals surface area contributed by atoms with Gasteiger partial charge in [-0.3, -0.25) is 4.90 Å². The average Bonchev–Trinajstić information content (AvgIpc) is 2.82. The predicted octanol–water partition coefficient (Wildman–Crippen LogP) is 1.32. The van der Waals surface area contributed by atoms with Crippen molar-refractivity contribution in [2.45, 2.75) is 44.3 Å². The SMILES string of the molecule is CCn1cncc1C(CN)N(C)CC1(N(C)C)CCC1. The number of aromatic nitrogens is 2. The Morgan fingerprint density at radius 2 is 2.10 bits per heavy atom. The molecule has 114 valence electrons. The molecule has 1 fully saturated rings. The molecule has 2 N–H and O–H groups in total. The van der Waals surface area contributed by atoms with E-state index in [0.717, 1.165) is 13.1 Å². The third kappa shape index (κ3) is 2.75. The fraction of sp³-hybridized carbons (Fsp3) is 0.800. The zero-order valence-electron chi connectivity index (χ0n) is 13.3. The summed E-state index contributed by atoms with van der Waals surface area (Å²) in [6, 6.07) is 0.245. The second-order valence-corrected chi connectivity index (χ2v) is 6.24. The number of likely N-dealkylation sites (N-methyl/N-ethyl adjacent to an activating group) is 2. The molecule has 1 aliphatic rings. The quantitative estimate of drug-likeness (QED) is 0.818. The van der Waals surface area contributed by atoms with E-state index in [2.05, 4.69) is 47.4 Å². The van der Waals surface area contributed by atoms with Crippen LogP contribution in [0.2, 0.25) is 0 Å². The Morgan fingerprint density at radius 3 is 2.55 bits per heavy atom. The number of imidazole rings is 1. The Hall–Kier alpha value is -0.910. The van der Waals surface area contributed by atoms with E-state index in [4.69, 9.17) is 5.73 Å². The van der Waals surface area contributed by atoms with Gasteiger partial charge in [0.15, 0.2) is 0 Å². The minimum absolute atomic E-state index is 0.245.